The first-order valence-corrected chi connectivity index (χ1v) is 10.3. The summed E-state index contributed by atoms with van der Waals surface area (Å²) in [4.78, 5) is 0. The quantitative estimate of drug-likeness (QED) is 0.235. The van der Waals surface area contributed by atoms with E-state index in [4.69, 9.17) is 4.74 Å². The van der Waals surface area contributed by atoms with Crippen LogP contribution in [0.2, 0.25) is 0 Å². The third-order valence-electron chi connectivity index (χ3n) is 5.45. The Morgan fingerprint density at radius 3 is 1.79 bits per heavy atom. The van der Waals surface area contributed by atoms with Crippen LogP contribution in [0, 0.1) is 28.8 Å². The summed E-state index contributed by atoms with van der Waals surface area (Å²) in [6.45, 7) is 13.6. The lowest BCUT2D eigenvalue weighted by Crippen LogP contribution is -2.40. The van der Waals surface area contributed by atoms with Crippen molar-refractivity contribution in [1.82, 2.24) is 0 Å². The Morgan fingerprint density at radius 2 is 1.36 bits per heavy atom. The molecule has 0 radical (unpaired) electrons. The first kappa shape index (κ1) is 25.4. The fourth-order valence-electron chi connectivity index (χ4n) is 3.63. The van der Waals surface area contributed by atoms with Crippen LogP contribution in [0.25, 0.3) is 0 Å². The molecule has 164 valence electrons. The van der Waals surface area contributed by atoms with Crippen molar-refractivity contribution in [2.45, 2.75) is 92.3 Å². The molecule has 1 aliphatic carbocycles. The molecule has 0 amide bonds. The van der Waals surface area contributed by atoms with Crippen LogP contribution in [0.5, 0.6) is 0 Å². The van der Waals surface area contributed by atoms with Gasteiger partial charge in [0.2, 0.25) is 6.10 Å². The standard InChI is InChI=1S/C21H37O2.BF4/c1-20(2,3)18-13-16(14-19(23-18)21(4,5)6)8-7-15-9-11-17(22)12-10-15;2-1(3,4)5/h7-8,15-18,22H,9-14H2,1-6H3;/q+1;-1/b8-7+;. The Balaban J connectivity index is 0.000000696. The second-order valence-electron chi connectivity index (χ2n) is 10.3. The molecule has 2 aliphatic rings. The summed E-state index contributed by atoms with van der Waals surface area (Å²) in [7, 11) is -6.00. The van der Waals surface area contributed by atoms with E-state index in [9.17, 15) is 22.4 Å². The molecular formula is C21H37BF4O2. The third kappa shape index (κ3) is 10.2. The lowest BCUT2D eigenvalue weighted by Gasteiger charge is -2.37. The van der Waals surface area contributed by atoms with Gasteiger partial charge in [-0.05, 0) is 64.2 Å². The highest BCUT2D eigenvalue weighted by Crippen LogP contribution is 2.45. The van der Waals surface area contributed by atoms with Gasteiger partial charge in [-0.1, -0.05) is 32.9 Å². The van der Waals surface area contributed by atoms with Crippen LogP contribution in [-0.4, -0.2) is 24.6 Å². The minimum Gasteiger partial charge on any atom is -0.418 e. The molecule has 2 unspecified atom stereocenters. The fourth-order valence-corrected chi connectivity index (χ4v) is 3.63. The number of allylic oxidation sites excluding steroid dienone is 2. The average molecular weight is 408 g/mol. The summed E-state index contributed by atoms with van der Waals surface area (Å²) in [6.07, 6.45) is 12.8. The molecule has 7 heteroatoms. The zero-order chi connectivity index (χ0) is 21.8. The molecule has 0 bridgehead atoms. The maximum Gasteiger partial charge on any atom is 0.673 e. The second-order valence-corrected chi connectivity index (χ2v) is 10.3. The van der Waals surface area contributed by atoms with Gasteiger partial charge in [-0.3, -0.25) is 0 Å². The zero-order valence-corrected chi connectivity index (χ0v) is 18.2. The minimum atomic E-state index is -6.00. The monoisotopic (exact) mass is 408 g/mol. The number of ether oxygens (including phenoxy) is 1. The van der Waals surface area contributed by atoms with Crippen LogP contribution >= 0.6 is 0 Å². The number of aliphatic hydroxyl groups excluding tert-OH is 1. The summed E-state index contributed by atoms with van der Waals surface area (Å²) in [6, 6.07) is 0. The number of aliphatic hydroxyl groups is 1. The highest BCUT2D eigenvalue weighted by atomic mass is 19.5. The van der Waals surface area contributed by atoms with Gasteiger partial charge < -0.3 is 22.4 Å². The van der Waals surface area contributed by atoms with Gasteiger partial charge in [0.15, 0.2) is 0 Å². The molecule has 1 saturated heterocycles. The van der Waals surface area contributed by atoms with Gasteiger partial charge in [0, 0.05) is 5.92 Å². The van der Waals surface area contributed by atoms with Crippen molar-refractivity contribution in [3.63, 3.8) is 0 Å². The molecule has 2 atom stereocenters. The van der Waals surface area contributed by atoms with Crippen molar-refractivity contribution in [3.8, 4) is 0 Å². The topological polar surface area (TPSA) is 29.5 Å². The van der Waals surface area contributed by atoms with Gasteiger partial charge in [-0.15, -0.1) is 0 Å². The molecule has 2 rings (SSSR count). The van der Waals surface area contributed by atoms with E-state index in [1.807, 2.05) is 0 Å². The third-order valence-corrected chi connectivity index (χ3v) is 5.45. The number of halogens is 4. The van der Waals surface area contributed by atoms with Crippen LogP contribution in [0.4, 0.5) is 17.3 Å². The molecule has 0 aromatic heterocycles. The SMILES string of the molecule is CC(C)(C)[C+]1CC(/C=C/C2CCC(O)CC2)CC(C(C)(C)C)O1.F[B-](F)(F)F. The largest absolute Gasteiger partial charge is 0.673 e. The molecule has 1 N–H and O–H groups in total. The van der Waals surface area contributed by atoms with E-state index in [-0.39, 0.29) is 16.9 Å². The van der Waals surface area contributed by atoms with Gasteiger partial charge in [0.25, 0.3) is 0 Å². The number of hydrogen-bond acceptors (Lipinski definition) is 2. The van der Waals surface area contributed by atoms with Gasteiger partial charge in [-0.25, -0.2) is 0 Å². The molecule has 0 aromatic carbocycles. The molecule has 2 fully saturated rings. The van der Waals surface area contributed by atoms with Crippen molar-refractivity contribution in [1.29, 1.82) is 0 Å². The Bertz CT molecular complexity index is 458. The van der Waals surface area contributed by atoms with E-state index in [2.05, 4.69) is 53.7 Å². The smallest absolute Gasteiger partial charge is 0.418 e. The lowest BCUT2D eigenvalue weighted by molar-refractivity contribution is -0.0835. The minimum absolute atomic E-state index is 0.0613. The van der Waals surface area contributed by atoms with Crippen molar-refractivity contribution >= 4 is 7.25 Å². The normalized spacial score (nSPS) is 30.2. The van der Waals surface area contributed by atoms with E-state index < -0.39 is 7.25 Å². The van der Waals surface area contributed by atoms with Crippen LogP contribution in [0.3, 0.4) is 0 Å². The summed E-state index contributed by atoms with van der Waals surface area (Å²) in [5, 5.41) is 9.65. The van der Waals surface area contributed by atoms with Gasteiger partial charge in [-0.2, -0.15) is 4.74 Å². The van der Waals surface area contributed by atoms with Crippen molar-refractivity contribution in [2.75, 3.05) is 0 Å². The maximum atomic E-state index is 9.75. The van der Waals surface area contributed by atoms with Gasteiger partial charge in [0.05, 0.1) is 6.10 Å². The molecule has 1 aliphatic heterocycles. The first-order chi connectivity index (χ1) is 12.6. The molecular weight excluding hydrogens is 371 g/mol. The second kappa shape index (κ2) is 9.88. The molecule has 28 heavy (non-hydrogen) atoms. The molecule has 1 saturated carbocycles. The van der Waals surface area contributed by atoms with Gasteiger partial charge in [0.1, 0.15) is 17.9 Å². The van der Waals surface area contributed by atoms with Crippen LogP contribution < -0.4 is 0 Å². The highest BCUT2D eigenvalue weighted by Gasteiger charge is 2.49. The summed E-state index contributed by atoms with van der Waals surface area (Å²) >= 11 is 0. The number of rotatable bonds is 2. The Kier molecular flexibility index (Phi) is 8.95. The van der Waals surface area contributed by atoms with Crippen LogP contribution in [-0.2, 0) is 4.74 Å². The summed E-state index contributed by atoms with van der Waals surface area (Å²) in [5.41, 5.74) is 0.295. The Labute approximate surface area is 168 Å². The molecule has 1 heterocycles. The van der Waals surface area contributed by atoms with E-state index in [1.165, 1.54) is 6.10 Å². The lowest BCUT2D eigenvalue weighted by atomic mass is 9.74. The molecule has 2 nitrogen and oxygen atoms in total. The number of hydrogen-bond donors (Lipinski definition) is 1. The fraction of sp³-hybridized carbons (Fsp3) is 0.857. The predicted molar refractivity (Wildman–Crippen MR) is 107 cm³/mol. The predicted octanol–water partition coefficient (Wildman–Crippen LogP) is 6.81. The zero-order valence-electron chi connectivity index (χ0n) is 18.2. The van der Waals surface area contributed by atoms with E-state index >= 15 is 0 Å². The summed E-state index contributed by atoms with van der Waals surface area (Å²) in [5.74, 6) is 1.25. The van der Waals surface area contributed by atoms with Crippen molar-refractivity contribution in [3.05, 3.63) is 18.3 Å². The van der Waals surface area contributed by atoms with Crippen LogP contribution in [0.1, 0.15) is 80.1 Å². The average Bonchev–Trinajstić information content (AvgIpc) is 2.51. The van der Waals surface area contributed by atoms with E-state index in [0.29, 0.717) is 17.9 Å². The molecule has 0 spiro atoms. The maximum absolute atomic E-state index is 9.75. The van der Waals surface area contributed by atoms with Crippen molar-refractivity contribution < 1.29 is 27.1 Å². The van der Waals surface area contributed by atoms with E-state index in [1.54, 1.807) is 0 Å². The first-order valence-electron chi connectivity index (χ1n) is 10.3. The van der Waals surface area contributed by atoms with Crippen molar-refractivity contribution in [2.24, 2.45) is 22.7 Å². The van der Waals surface area contributed by atoms with Gasteiger partial charge >= 0.3 is 7.25 Å². The Hall–Kier alpha value is -0.685. The summed E-state index contributed by atoms with van der Waals surface area (Å²) < 4.78 is 45.4. The van der Waals surface area contributed by atoms with Crippen LogP contribution in [0.15, 0.2) is 12.2 Å². The van der Waals surface area contributed by atoms with E-state index in [0.717, 1.165) is 38.5 Å². The Morgan fingerprint density at radius 1 is 0.893 bits per heavy atom. The highest BCUT2D eigenvalue weighted by molar-refractivity contribution is 6.50. The molecule has 0 aromatic rings.